The molecule has 5 nitrogen and oxygen atoms in total. The van der Waals surface area contributed by atoms with Gasteiger partial charge in [-0.05, 0) is 37.9 Å². The van der Waals surface area contributed by atoms with Crippen LogP contribution in [0.25, 0.3) is 0 Å². The molecule has 0 radical (unpaired) electrons. The summed E-state index contributed by atoms with van der Waals surface area (Å²) in [5.41, 5.74) is 1.78. The zero-order valence-electron chi connectivity index (χ0n) is 12.0. The summed E-state index contributed by atoms with van der Waals surface area (Å²) in [6, 6.07) is 5.96. The molecule has 114 valence electrons. The predicted molar refractivity (Wildman–Crippen MR) is 84.1 cm³/mol. The van der Waals surface area contributed by atoms with Crippen molar-refractivity contribution in [2.24, 2.45) is 0 Å². The molecule has 0 aliphatic carbocycles. The first kappa shape index (κ1) is 14.6. The fourth-order valence-electron chi connectivity index (χ4n) is 3.49. The van der Waals surface area contributed by atoms with Crippen LogP contribution in [-0.4, -0.2) is 42.0 Å². The van der Waals surface area contributed by atoms with Crippen molar-refractivity contribution in [3.8, 4) is 0 Å². The van der Waals surface area contributed by atoms with Crippen molar-refractivity contribution >= 4 is 23.0 Å². The van der Waals surface area contributed by atoms with Gasteiger partial charge in [-0.1, -0.05) is 0 Å². The molecule has 2 aliphatic heterocycles. The Balaban J connectivity index is 1.84. The second kappa shape index (κ2) is 6.20. The van der Waals surface area contributed by atoms with Crippen molar-refractivity contribution in [1.29, 1.82) is 0 Å². The van der Waals surface area contributed by atoms with Crippen molar-refractivity contribution in [1.82, 2.24) is 4.90 Å². The zero-order chi connectivity index (χ0) is 14.8. The van der Waals surface area contributed by atoms with Crippen LogP contribution in [0.2, 0.25) is 0 Å². The molecule has 0 amide bonds. The standard InChI is InChI=1S/C15H20ClN3O2/c16-10-12-9-13(4-5-15(12)19(20)21)18-8-2-7-17-6-1-3-14(17)11-18/h4-5,9,14H,1-3,6-8,10-11H2. The summed E-state index contributed by atoms with van der Waals surface area (Å²) in [6.45, 7) is 4.40. The Kier molecular flexibility index (Phi) is 4.31. The molecule has 0 saturated carbocycles. The average Bonchev–Trinajstić information content (AvgIpc) is 2.83. The van der Waals surface area contributed by atoms with Gasteiger partial charge in [-0.3, -0.25) is 15.0 Å². The summed E-state index contributed by atoms with van der Waals surface area (Å²) in [5.74, 6) is 0.174. The lowest BCUT2D eigenvalue weighted by Crippen LogP contribution is -2.36. The molecule has 0 bridgehead atoms. The van der Waals surface area contributed by atoms with Gasteiger partial charge in [0.15, 0.2) is 0 Å². The number of nitro groups is 1. The predicted octanol–water partition coefficient (Wildman–Crippen LogP) is 3.01. The molecule has 1 unspecified atom stereocenters. The summed E-state index contributed by atoms with van der Waals surface area (Å²) in [4.78, 5) is 15.6. The number of benzene rings is 1. The second-order valence-electron chi connectivity index (χ2n) is 5.84. The highest BCUT2D eigenvalue weighted by Crippen LogP contribution is 2.29. The number of nitro benzene ring substituents is 1. The molecule has 1 aromatic carbocycles. The first-order valence-electron chi connectivity index (χ1n) is 7.51. The minimum Gasteiger partial charge on any atom is -0.370 e. The van der Waals surface area contributed by atoms with Crippen LogP contribution in [0.1, 0.15) is 24.8 Å². The molecule has 2 heterocycles. The van der Waals surface area contributed by atoms with Crippen LogP contribution in [0, 0.1) is 10.1 Å². The van der Waals surface area contributed by atoms with Gasteiger partial charge in [-0.25, -0.2) is 0 Å². The Morgan fingerprint density at radius 3 is 2.86 bits per heavy atom. The molecule has 2 aliphatic rings. The van der Waals surface area contributed by atoms with Crippen LogP contribution >= 0.6 is 11.6 Å². The topological polar surface area (TPSA) is 49.6 Å². The van der Waals surface area contributed by atoms with Gasteiger partial charge >= 0.3 is 0 Å². The maximum Gasteiger partial charge on any atom is 0.273 e. The van der Waals surface area contributed by atoms with E-state index in [1.54, 1.807) is 6.07 Å². The summed E-state index contributed by atoms with van der Waals surface area (Å²) >= 11 is 5.88. The third kappa shape index (κ3) is 2.99. The maximum absolute atomic E-state index is 11.0. The molecule has 0 aromatic heterocycles. The van der Waals surface area contributed by atoms with Crippen molar-refractivity contribution < 1.29 is 4.92 Å². The van der Waals surface area contributed by atoms with Gasteiger partial charge in [0.2, 0.25) is 0 Å². The zero-order valence-corrected chi connectivity index (χ0v) is 12.8. The molecule has 2 saturated heterocycles. The lowest BCUT2D eigenvalue weighted by atomic mass is 10.1. The Hall–Kier alpha value is -1.33. The Morgan fingerprint density at radius 2 is 2.10 bits per heavy atom. The summed E-state index contributed by atoms with van der Waals surface area (Å²) in [7, 11) is 0. The van der Waals surface area contributed by atoms with E-state index >= 15 is 0 Å². The van der Waals surface area contributed by atoms with Crippen molar-refractivity contribution in [3.05, 3.63) is 33.9 Å². The lowest BCUT2D eigenvalue weighted by Gasteiger charge is -2.27. The van der Waals surface area contributed by atoms with E-state index in [4.69, 9.17) is 11.6 Å². The molecular formula is C15H20ClN3O2. The van der Waals surface area contributed by atoms with E-state index in [9.17, 15) is 10.1 Å². The number of alkyl halides is 1. The van der Waals surface area contributed by atoms with E-state index in [0.29, 0.717) is 11.6 Å². The molecule has 1 atom stereocenters. The fraction of sp³-hybridized carbons (Fsp3) is 0.600. The van der Waals surface area contributed by atoms with Crippen LogP contribution < -0.4 is 4.90 Å². The largest absolute Gasteiger partial charge is 0.370 e. The highest BCUT2D eigenvalue weighted by molar-refractivity contribution is 6.17. The molecule has 3 rings (SSSR count). The molecule has 0 spiro atoms. The van der Waals surface area contributed by atoms with Crippen LogP contribution in [0.3, 0.4) is 0 Å². The molecular weight excluding hydrogens is 290 g/mol. The van der Waals surface area contributed by atoms with Gasteiger partial charge in [0.1, 0.15) is 0 Å². The smallest absolute Gasteiger partial charge is 0.273 e. The van der Waals surface area contributed by atoms with Gasteiger partial charge in [0, 0.05) is 43.0 Å². The third-order valence-electron chi connectivity index (χ3n) is 4.57. The highest BCUT2D eigenvalue weighted by Gasteiger charge is 2.29. The monoisotopic (exact) mass is 309 g/mol. The maximum atomic E-state index is 11.0. The molecule has 2 fully saturated rings. The molecule has 0 N–H and O–H groups in total. The van der Waals surface area contributed by atoms with Crippen molar-refractivity contribution in [2.75, 3.05) is 31.1 Å². The van der Waals surface area contributed by atoms with Gasteiger partial charge in [-0.2, -0.15) is 0 Å². The summed E-state index contributed by atoms with van der Waals surface area (Å²) < 4.78 is 0. The number of fused-ring (bicyclic) bond motifs is 1. The number of nitrogens with zero attached hydrogens (tertiary/aromatic N) is 3. The number of anilines is 1. The normalized spacial score (nSPS) is 22.9. The van der Waals surface area contributed by atoms with E-state index in [1.165, 1.54) is 19.4 Å². The molecule has 21 heavy (non-hydrogen) atoms. The fourth-order valence-corrected chi connectivity index (χ4v) is 3.71. The van der Waals surface area contributed by atoms with E-state index in [0.717, 1.165) is 31.7 Å². The lowest BCUT2D eigenvalue weighted by molar-refractivity contribution is -0.385. The van der Waals surface area contributed by atoms with Gasteiger partial charge < -0.3 is 4.90 Å². The Bertz CT molecular complexity index is 538. The van der Waals surface area contributed by atoms with Gasteiger partial charge in [0.25, 0.3) is 5.69 Å². The first-order valence-corrected chi connectivity index (χ1v) is 8.05. The van der Waals surface area contributed by atoms with Crippen LogP contribution in [0.4, 0.5) is 11.4 Å². The first-order chi connectivity index (χ1) is 10.2. The highest BCUT2D eigenvalue weighted by atomic mass is 35.5. The van der Waals surface area contributed by atoms with Crippen LogP contribution in [-0.2, 0) is 5.88 Å². The van der Waals surface area contributed by atoms with E-state index in [-0.39, 0.29) is 16.5 Å². The van der Waals surface area contributed by atoms with E-state index in [1.807, 2.05) is 12.1 Å². The van der Waals surface area contributed by atoms with E-state index in [2.05, 4.69) is 9.80 Å². The number of halogens is 1. The average molecular weight is 310 g/mol. The number of hydrogen-bond acceptors (Lipinski definition) is 4. The second-order valence-corrected chi connectivity index (χ2v) is 6.10. The van der Waals surface area contributed by atoms with Crippen LogP contribution in [0.5, 0.6) is 0 Å². The number of rotatable bonds is 3. The van der Waals surface area contributed by atoms with Crippen molar-refractivity contribution in [2.45, 2.75) is 31.2 Å². The number of hydrogen-bond donors (Lipinski definition) is 0. The Labute approximate surface area is 129 Å². The minimum atomic E-state index is -0.359. The van der Waals surface area contributed by atoms with Crippen molar-refractivity contribution in [3.63, 3.8) is 0 Å². The molecule has 1 aromatic rings. The summed E-state index contributed by atoms with van der Waals surface area (Å²) in [5, 5.41) is 11.0. The molecule has 6 heteroatoms. The third-order valence-corrected chi connectivity index (χ3v) is 4.86. The quantitative estimate of drug-likeness (QED) is 0.489. The van der Waals surface area contributed by atoms with Gasteiger partial charge in [-0.15, -0.1) is 11.6 Å². The van der Waals surface area contributed by atoms with E-state index < -0.39 is 0 Å². The SMILES string of the molecule is O=[N+]([O-])c1ccc(N2CCCN3CCCC3C2)cc1CCl. The minimum absolute atomic E-state index is 0.117. The van der Waals surface area contributed by atoms with Crippen LogP contribution in [0.15, 0.2) is 18.2 Å². The summed E-state index contributed by atoms with van der Waals surface area (Å²) in [6.07, 6.45) is 3.68. The van der Waals surface area contributed by atoms with Gasteiger partial charge in [0.05, 0.1) is 10.8 Å². The Morgan fingerprint density at radius 1 is 1.29 bits per heavy atom.